The van der Waals surface area contributed by atoms with Crippen molar-refractivity contribution in [1.29, 1.82) is 0 Å². The summed E-state index contributed by atoms with van der Waals surface area (Å²) in [7, 11) is 1.63. The molecule has 0 aromatic rings. The molecule has 2 rings (SSSR count). The minimum Gasteiger partial charge on any atom is -0.447 e. The normalized spacial score (nSPS) is 27.3. The summed E-state index contributed by atoms with van der Waals surface area (Å²) < 4.78 is 16.5. The van der Waals surface area contributed by atoms with Crippen LogP contribution in [0.1, 0.15) is 41.0 Å². The van der Waals surface area contributed by atoms with Gasteiger partial charge in [-0.05, 0) is 41.0 Å². The molecule has 2 fully saturated rings. The van der Waals surface area contributed by atoms with Crippen molar-refractivity contribution in [2.24, 2.45) is 0 Å². The summed E-state index contributed by atoms with van der Waals surface area (Å²) in [5.41, 5.74) is -1.09. The molecule has 2 aliphatic rings. The fourth-order valence-electron chi connectivity index (χ4n) is 3.22. The maximum Gasteiger partial charge on any atom is 0.410 e. The lowest BCUT2D eigenvalue weighted by atomic mass is 9.98. The predicted molar refractivity (Wildman–Crippen MR) is 84.3 cm³/mol. The van der Waals surface area contributed by atoms with E-state index in [4.69, 9.17) is 14.2 Å². The molecule has 23 heavy (non-hydrogen) atoms. The number of fused-ring (bicyclic) bond motifs is 1. The van der Waals surface area contributed by atoms with E-state index in [9.17, 15) is 9.59 Å². The third-order valence-corrected chi connectivity index (χ3v) is 4.24. The van der Waals surface area contributed by atoms with E-state index in [2.05, 4.69) is 0 Å². The summed E-state index contributed by atoms with van der Waals surface area (Å²) in [6, 6.07) is -0.203. The Hall–Kier alpha value is -1.50. The number of hydrogen-bond acceptors (Lipinski definition) is 5. The molecule has 2 saturated heterocycles. The van der Waals surface area contributed by atoms with Gasteiger partial charge in [0.2, 0.25) is 0 Å². The van der Waals surface area contributed by atoms with Crippen molar-refractivity contribution in [2.45, 2.75) is 64.4 Å². The van der Waals surface area contributed by atoms with Gasteiger partial charge in [-0.15, -0.1) is 0 Å². The van der Waals surface area contributed by atoms with Crippen LogP contribution in [0.3, 0.4) is 0 Å². The number of hydrogen-bond donors (Lipinski definition) is 0. The van der Waals surface area contributed by atoms with Crippen molar-refractivity contribution < 1.29 is 23.8 Å². The zero-order chi connectivity index (χ0) is 17.4. The van der Waals surface area contributed by atoms with Crippen molar-refractivity contribution in [3.8, 4) is 0 Å². The number of carbonyl (C=O) groups excluding carboxylic acids is 2. The average molecular weight is 328 g/mol. The van der Waals surface area contributed by atoms with Crippen molar-refractivity contribution in [3.05, 3.63) is 0 Å². The lowest BCUT2D eigenvalue weighted by molar-refractivity contribution is -0.0178. The molecule has 2 heterocycles. The molecule has 7 heteroatoms. The van der Waals surface area contributed by atoms with Gasteiger partial charge in [0, 0.05) is 20.2 Å². The van der Waals surface area contributed by atoms with Gasteiger partial charge in [0.05, 0.1) is 18.7 Å². The van der Waals surface area contributed by atoms with Crippen molar-refractivity contribution in [2.75, 3.05) is 26.7 Å². The molecular weight excluding hydrogens is 300 g/mol. The number of ether oxygens (including phenoxy) is 3. The van der Waals surface area contributed by atoms with E-state index in [0.29, 0.717) is 26.1 Å². The van der Waals surface area contributed by atoms with E-state index in [1.54, 1.807) is 16.9 Å². The fourth-order valence-corrected chi connectivity index (χ4v) is 3.22. The molecule has 132 valence electrons. The fraction of sp³-hybridized carbons (Fsp3) is 0.875. The number of carbonyl (C=O) groups is 2. The highest BCUT2D eigenvalue weighted by Gasteiger charge is 2.57. The zero-order valence-corrected chi connectivity index (χ0v) is 14.9. The lowest BCUT2D eigenvalue weighted by Crippen LogP contribution is -2.47. The van der Waals surface area contributed by atoms with E-state index in [1.165, 1.54) is 0 Å². The molecule has 0 saturated carbocycles. The van der Waals surface area contributed by atoms with Crippen LogP contribution in [0.25, 0.3) is 0 Å². The van der Waals surface area contributed by atoms with Crippen LogP contribution >= 0.6 is 0 Å². The number of methoxy groups -OCH3 is 1. The summed E-state index contributed by atoms with van der Waals surface area (Å²) in [5.74, 6) is 0. The zero-order valence-electron chi connectivity index (χ0n) is 14.9. The van der Waals surface area contributed by atoms with Crippen molar-refractivity contribution in [3.63, 3.8) is 0 Å². The minimum absolute atomic E-state index is 0.177. The molecule has 0 radical (unpaired) electrons. The van der Waals surface area contributed by atoms with Crippen LogP contribution in [0, 0.1) is 0 Å². The molecule has 0 aliphatic carbocycles. The van der Waals surface area contributed by atoms with Crippen LogP contribution in [0.5, 0.6) is 0 Å². The number of rotatable bonds is 2. The first-order valence-electron chi connectivity index (χ1n) is 8.08. The Bertz CT molecular complexity index is 474. The highest BCUT2D eigenvalue weighted by molar-refractivity contribution is 5.72. The first kappa shape index (κ1) is 17.8. The number of nitrogens with zero attached hydrogens (tertiary/aromatic N) is 2. The van der Waals surface area contributed by atoms with Gasteiger partial charge < -0.3 is 24.0 Å². The molecule has 2 atom stereocenters. The van der Waals surface area contributed by atoms with Crippen LogP contribution in [-0.2, 0) is 14.2 Å². The van der Waals surface area contributed by atoms with Gasteiger partial charge in [0.25, 0.3) is 0 Å². The molecule has 0 unspecified atom stereocenters. The van der Waals surface area contributed by atoms with E-state index in [1.807, 2.05) is 34.6 Å². The summed E-state index contributed by atoms with van der Waals surface area (Å²) in [4.78, 5) is 27.9. The maximum atomic E-state index is 12.3. The summed E-state index contributed by atoms with van der Waals surface area (Å²) in [6.07, 6.45) is -0.223. The molecule has 0 aromatic carbocycles. The first-order chi connectivity index (χ1) is 10.6. The molecule has 0 bridgehead atoms. The summed E-state index contributed by atoms with van der Waals surface area (Å²) in [5, 5.41) is 0. The third kappa shape index (κ3) is 3.71. The van der Waals surface area contributed by atoms with Gasteiger partial charge in [-0.2, -0.15) is 0 Å². The highest BCUT2D eigenvalue weighted by Crippen LogP contribution is 2.39. The quantitative estimate of drug-likeness (QED) is 0.777. The Morgan fingerprint density at radius 2 is 1.87 bits per heavy atom. The van der Waals surface area contributed by atoms with Crippen LogP contribution in [0.4, 0.5) is 9.59 Å². The molecule has 7 nitrogen and oxygen atoms in total. The van der Waals surface area contributed by atoms with Gasteiger partial charge in [-0.1, -0.05) is 0 Å². The van der Waals surface area contributed by atoms with Gasteiger partial charge in [-0.3, -0.25) is 0 Å². The molecule has 0 aromatic heterocycles. The maximum absolute atomic E-state index is 12.3. The highest BCUT2D eigenvalue weighted by atomic mass is 16.6. The Morgan fingerprint density at radius 1 is 1.22 bits per heavy atom. The van der Waals surface area contributed by atoms with Crippen molar-refractivity contribution in [1.82, 2.24) is 9.80 Å². The smallest absolute Gasteiger partial charge is 0.410 e. The minimum atomic E-state index is -0.550. The van der Waals surface area contributed by atoms with Crippen molar-refractivity contribution >= 4 is 12.2 Å². The largest absolute Gasteiger partial charge is 0.447 e. The van der Waals surface area contributed by atoms with Gasteiger partial charge in [0.1, 0.15) is 11.2 Å². The standard InChI is InChI=1S/C16H28N2O5/c1-11(2)22-14(20)18-8-7-16(21-6)10-17(9-12(16)18)13(19)23-15(3,4)5/h11-12H,7-10H2,1-6H3/t12-,16-/m1/s1. The van der Waals surface area contributed by atoms with Crippen LogP contribution in [-0.4, -0.2) is 72.1 Å². The van der Waals surface area contributed by atoms with E-state index >= 15 is 0 Å². The second-order valence-corrected chi connectivity index (χ2v) is 7.52. The van der Waals surface area contributed by atoms with Crippen LogP contribution in [0.2, 0.25) is 0 Å². The third-order valence-electron chi connectivity index (χ3n) is 4.24. The Kier molecular flexibility index (Phi) is 4.80. The summed E-state index contributed by atoms with van der Waals surface area (Å²) >= 11 is 0. The number of likely N-dealkylation sites (tertiary alicyclic amines) is 2. The van der Waals surface area contributed by atoms with E-state index < -0.39 is 11.2 Å². The van der Waals surface area contributed by atoms with Gasteiger partial charge in [-0.25, -0.2) is 9.59 Å². The SMILES string of the molecule is CO[C@@]12CCN(C(=O)OC(C)C)[C@@H]1CN(C(=O)OC(C)(C)C)C2. The van der Waals surface area contributed by atoms with Gasteiger partial charge in [0.15, 0.2) is 0 Å². The monoisotopic (exact) mass is 328 g/mol. The molecule has 2 amide bonds. The lowest BCUT2D eigenvalue weighted by Gasteiger charge is -2.29. The average Bonchev–Trinajstić information content (AvgIpc) is 2.90. The van der Waals surface area contributed by atoms with Crippen LogP contribution < -0.4 is 0 Å². The molecule has 0 N–H and O–H groups in total. The number of amides is 2. The Labute approximate surface area is 137 Å². The van der Waals surface area contributed by atoms with E-state index in [-0.39, 0.29) is 24.3 Å². The topological polar surface area (TPSA) is 68.3 Å². The second-order valence-electron chi connectivity index (χ2n) is 7.52. The summed E-state index contributed by atoms with van der Waals surface area (Å²) in [6.45, 7) is 10.5. The van der Waals surface area contributed by atoms with E-state index in [0.717, 1.165) is 0 Å². The first-order valence-corrected chi connectivity index (χ1v) is 8.08. The van der Waals surface area contributed by atoms with Crippen LogP contribution in [0.15, 0.2) is 0 Å². The Balaban J connectivity index is 2.11. The second kappa shape index (κ2) is 6.19. The van der Waals surface area contributed by atoms with Gasteiger partial charge >= 0.3 is 12.2 Å². The molecule has 0 spiro atoms. The molecule has 2 aliphatic heterocycles. The Morgan fingerprint density at radius 3 is 2.39 bits per heavy atom. The predicted octanol–water partition coefficient (Wildman–Crippen LogP) is 2.24. The molecular formula is C16H28N2O5.